The van der Waals surface area contributed by atoms with E-state index in [1.165, 1.54) is 6.07 Å². The maximum atomic E-state index is 11.0. The monoisotopic (exact) mass is 290 g/mol. The molecule has 0 aliphatic heterocycles. The number of nitrogens with two attached hydrogens (primary N) is 1. The van der Waals surface area contributed by atoms with Crippen molar-refractivity contribution >= 4 is 23.0 Å². The molecule has 2 N–H and O–H groups in total. The fourth-order valence-electron chi connectivity index (χ4n) is 2.27. The van der Waals surface area contributed by atoms with Crippen molar-refractivity contribution in [3.63, 3.8) is 0 Å². The molecule has 0 radical (unpaired) electrons. The van der Waals surface area contributed by atoms with Crippen LogP contribution in [0.15, 0.2) is 36.4 Å². The highest BCUT2D eigenvalue weighted by Crippen LogP contribution is 2.35. The summed E-state index contributed by atoms with van der Waals surface area (Å²) in [6, 6.07) is 10.8. The highest BCUT2D eigenvalue weighted by atomic mass is 35.5. The van der Waals surface area contributed by atoms with E-state index in [2.05, 4.69) is 0 Å². The van der Waals surface area contributed by atoms with Gasteiger partial charge in [-0.3, -0.25) is 10.1 Å². The van der Waals surface area contributed by atoms with Crippen LogP contribution < -0.4 is 5.73 Å². The van der Waals surface area contributed by atoms with E-state index in [1.54, 1.807) is 6.07 Å². The normalized spacial score (nSPS) is 12.2. The molecule has 0 bridgehead atoms. The molecule has 0 heterocycles. The quantitative estimate of drug-likeness (QED) is 0.521. The molecule has 104 valence electrons. The van der Waals surface area contributed by atoms with E-state index in [0.717, 1.165) is 16.7 Å². The summed E-state index contributed by atoms with van der Waals surface area (Å²) in [7, 11) is 0. The Morgan fingerprint density at radius 1 is 1.30 bits per heavy atom. The summed E-state index contributed by atoms with van der Waals surface area (Å²) in [6.07, 6.45) is 0. The van der Waals surface area contributed by atoms with Crippen LogP contribution in [0.5, 0.6) is 0 Å². The van der Waals surface area contributed by atoms with Crippen LogP contribution >= 0.6 is 11.6 Å². The average Bonchev–Trinajstić information content (AvgIpc) is 2.40. The number of hydrogen-bond acceptors (Lipinski definition) is 3. The number of rotatable bonds is 3. The number of nitrogen functional groups attached to an aromatic ring is 1. The number of anilines is 1. The van der Waals surface area contributed by atoms with Gasteiger partial charge in [0.1, 0.15) is 5.69 Å². The van der Waals surface area contributed by atoms with Gasteiger partial charge in [0.2, 0.25) is 0 Å². The largest absolute Gasteiger partial charge is 0.393 e. The van der Waals surface area contributed by atoms with Crippen molar-refractivity contribution in [2.45, 2.75) is 19.8 Å². The van der Waals surface area contributed by atoms with Gasteiger partial charge in [0.15, 0.2) is 0 Å². The minimum Gasteiger partial charge on any atom is -0.393 e. The van der Waals surface area contributed by atoms with Crippen LogP contribution in [0.25, 0.3) is 0 Å². The number of halogens is 1. The van der Waals surface area contributed by atoms with Crippen molar-refractivity contribution in [2.24, 2.45) is 0 Å². The Morgan fingerprint density at radius 3 is 2.60 bits per heavy atom. The van der Waals surface area contributed by atoms with Gasteiger partial charge >= 0.3 is 0 Å². The summed E-state index contributed by atoms with van der Waals surface area (Å²) in [5, 5.41) is 11.7. The topological polar surface area (TPSA) is 69.2 Å². The second-order valence-corrected chi connectivity index (χ2v) is 5.26. The summed E-state index contributed by atoms with van der Waals surface area (Å²) in [6.45, 7) is 3.78. The van der Waals surface area contributed by atoms with Crippen molar-refractivity contribution in [1.29, 1.82) is 0 Å². The van der Waals surface area contributed by atoms with Gasteiger partial charge in [-0.1, -0.05) is 36.7 Å². The van der Waals surface area contributed by atoms with Crippen LogP contribution in [0, 0.1) is 17.0 Å². The first-order valence-corrected chi connectivity index (χ1v) is 6.58. The van der Waals surface area contributed by atoms with Crippen LogP contribution in [0.3, 0.4) is 0 Å². The lowest BCUT2D eigenvalue weighted by Gasteiger charge is -2.16. The van der Waals surface area contributed by atoms with Gasteiger partial charge in [-0.25, -0.2) is 0 Å². The molecule has 20 heavy (non-hydrogen) atoms. The number of benzene rings is 2. The third-order valence-electron chi connectivity index (χ3n) is 3.35. The Balaban J connectivity index is 2.55. The van der Waals surface area contributed by atoms with E-state index >= 15 is 0 Å². The first kappa shape index (κ1) is 14.3. The number of nitrogens with zero attached hydrogens (tertiary/aromatic N) is 1. The van der Waals surface area contributed by atoms with E-state index in [1.807, 2.05) is 38.1 Å². The summed E-state index contributed by atoms with van der Waals surface area (Å²) in [5.74, 6) is -0.0627. The van der Waals surface area contributed by atoms with Crippen LogP contribution in [0.4, 0.5) is 11.4 Å². The molecule has 0 fully saturated rings. The molecule has 0 saturated carbocycles. The molecule has 0 aliphatic rings. The van der Waals surface area contributed by atoms with Crippen molar-refractivity contribution < 1.29 is 4.92 Å². The zero-order valence-electron chi connectivity index (χ0n) is 11.3. The molecule has 0 saturated heterocycles. The maximum absolute atomic E-state index is 11.0. The van der Waals surface area contributed by atoms with Crippen LogP contribution in [-0.4, -0.2) is 4.92 Å². The fourth-order valence-corrected chi connectivity index (χ4v) is 2.47. The average molecular weight is 291 g/mol. The van der Waals surface area contributed by atoms with E-state index in [4.69, 9.17) is 17.3 Å². The molecule has 1 atom stereocenters. The van der Waals surface area contributed by atoms with Gasteiger partial charge in [-0.05, 0) is 35.7 Å². The van der Waals surface area contributed by atoms with Gasteiger partial charge in [0.25, 0.3) is 5.69 Å². The minimum absolute atomic E-state index is 0.0473. The summed E-state index contributed by atoms with van der Waals surface area (Å²) < 4.78 is 0. The number of hydrogen-bond donors (Lipinski definition) is 1. The number of aryl methyl sites for hydroxylation is 1. The van der Waals surface area contributed by atoms with Gasteiger partial charge in [0, 0.05) is 17.0 Å². The third kappa shape index (κ3) is 2.75. The molecule has 1 unspecified atom stereocenters. The Bertz CT molecular complexity index is 671. The predicted molar refractivity (Wildman–Crippen MR) is 81.2 cm³/mol. The molecule has 4 nitrogen and oxygen atoms in total. The number of nitro benzene ring substituents is 1. The van der Waals surface area contributed by atoms with Crippen molar-refractivity contribution in [3.05, 3.63) is 68.2 Å². The van der Waals surface area contributed by atoms with Crippen molar-refractivity contribution in [1.82, 2.24) is 0 Å². The predicted octanol–water partition coefficient (Wildman–Crippen LogP) is 4.29. The van der Waals surface area contributed by atoms with Gasteiger partial charge < -0.3 is 5.73 Å². The summed E-state index contributed by atoms with van der Waals surface area (Å²) in [4.78, 5) is 10.6. The lowest BCUT2D eigenvalue weighted by molar-refractivity contribution is -0.384. The van der Waals surface area contributed by atoms with E-state index < -0.39 is 4.92 Å². The fraction of sp³-hybridized carbons (Fsp3) is 0.200. The van der Waals surface area contributed by atoms with Gasteiger partial charge in [0.05, 0.1) is 4.92 Å². The molecule has 2 rings (SSSR count). The summed E-state index contributed by atoms with van der Waals surface area (Å²) >= 11 is 5.99. The molecular weight excluding hydrogens is 276 g/mol. The smallest absolute Gasteiger partial charge is 0.292 e. The zero-order chi connectivity index (χ0) is 14.9. The highest BCUT2D eigenvalue weighted by Gasteiger charge is 2.20. The standard InChI is InChI=1S/C15H15ClN2O2/c1-9-6-13(15(17)14(7-9)18(19)20)10(2)11-4-3-5-12(16)8-11/h3-8,10H,17H2,1-2H3. The van der Waals surface area contributed by atoms with Crippen LogP contribution in [-0.2, 0) is 0 Å². The molecule has 0 spiro atoms. The zero-order valence-corrected chi connectivity index (χ0v) is 12.0. The third-order valence-corrected chi connectivity index (χ3v) is 3.58. The first-order chi connectivity index (χ1) is 9.40. The molecule has 5 heteroatoms. The summed E-state index contributed by atoms with van der Waals surface area (Å²) in [5.41, 5.74) is 8.66. The molecule has 0 amide bonds. The molecule has 0 aliphatic carbocycles. The van der Waals surface area contributed by atoms with Gasteiger partial charge in [-0.15, -0.1) is 0 Å². The highest BCUT2D eigenvalue weighted by molar-refractivity contribution is 6.30. The SMILES string of the molecule is Cc1cc(C(C)c2cccc(Cl)c2)c(N)c([N+](=O)[O-])c1. The van der Waals surface area contributed by atoms with E-state index in [9.17, 15) is 10.1 Å². The van der Waals surface area contributed by atoms with Crippen LogP contribution in [0.1, 0.15) is 29.5 Å². The Labute approximate surface area is 122 Å². The molecular formula is C15H15ClN2O2. The number of nitro groups is 1. The van der Waals surface area contributed by atoms with Crippen LogP contribution in [0.2, 0.25) is 5.02 Å². The van der Waals surface area contributed by atoms with E-state index in [0.29, 0.717) is 5.02 Å². The molecule has 0 aromatic heterocycles. The Kier molecular flexibility index (Phi) is 3.95. The van der Waals surface area contributed by atoms with Gasteiger partial charge in [-0.2, -0.15) is 0 Å². The molecule has 2 aromatic carbocycles. The molecule has 2 aromatic rings. The Hall–Kier alpha value is -2.07. The Morgan fingerprint density at radius 2 is 2.00 bits per heavy atom. The maximum Gasteiger partial charge on any atom is 0.292 e. The lowest BCUT2D eigenvalue weighted by Crippen LogP contribution is -2.05. The van der Waals surface area contributed by atoms with Crippen molar-refractivity contribution in [3.8, 4) is 0 Å². The lowest BCUT2D eigenvalue weighted by atomic mass is 9.90. The second-order valence-electron chi connectivity index (χ2n) is 4.82. The van der Waals surface area contributed by atoms with E-state index in [-0.39, 0.29) is 17.3 Å². The minimum atomic E-state index is -0.448. The second kappa shape index (κ2) is 5.51. The van der Waals surface area contributed by atoms with Crippen molar-refractivity contribution in [2.75, 3.05) is 5.73 Å². The first-order valence-electron chi connectivity index (χ1n) is 6.20.